The van der Waals surface area contributed by atoms with Crippen LogP contribution in [0.3, 0.4) is 0 Å². The van der Waals surface area contributed by atoms with E-state index in [-0.39, 0.29) is 11.3 Å². The third kappa shape index (κ3) is 3.83. The van der Waals surface area contributed by atoms with Crippen LogP contribution < -0.4 is 5.32 Å². The number of para-hydroxylation sites is 1. The predicted molar refractivity (Wildman–Crippen MR) is 119 cm³/mol. The Balaban J connectivity index is 1.75. The monoisotopic (exact) mass is 415 g/mol. The van der Waals surface area contributed by atoms with Gasteiger partial charge in [-0.3, -0.25) is 20.2 Å². The molecule has 3 aromatic carbocycles. The van der Waals surface area contributed by atoms with E-state index in [9.17, 15) is 14.9 Å². The molecule has 6 nitrogen and oxygen atoms in total. The van der Waals surface area contributed by atoms with Gasteiger partial charge in [-0.2, -0.15) is 0 Å². The first-order valence-corrected chi connectivity index (χ1v) is 10.0. The predicted octanol–water partition coefficient (Wildman–Crippen LogP) is 5.95. The Labute approximate surface area is 177 Å². The minimum absolute atomic E-state index is 0.0118. The van der Waals surface area contributed by atoms with Gasteiger partial charge in [-0.25, -0.2) is 4.98 Å². The molecule has 0 aliphatic carbocycles. The zero-order valence-electron chi connectivity index (χ0n) is 16.0. The highest BCUT2D eigenvalue weighted by Crippen LogP contribution is 2.39. The van der Waals surface area contributed by atoms with Gasteiger partial charge in [-0.15, -0.1) is 0 Å². The summed E-state index contributed by atoms with van der Waals surface area (Å²) in [6, 6.07) is 24.2. The van der Waals surface area contributed by atoms with E-state index in [4.69, 9.17) is 0 Å². The summed E-state index contributed by atoms with van der Waals surface area (Å²) in [7, 11) is 0. The zero-order chi connectivity index (χ0) is 21.1. The molecule has 0 unspecified atom stereocenters. The number of nitrogens with one attached hydrogen (secondary N) is 1. The largest absolute Gasteiger partial charge is 0.298 e. The summed E-state index contributed by atoms with van der Waals surface area (Å²) in [6.07, 6.45) is 0. The van der Waals surface area contributed by atoms with Crippen molar-refractivity contribution >= 4 is 28.1 Å². The van der Waals surface area contributed by atoms with Gasteiger partial charge in [0.1, 0.15) is 5.56 Å². The van der Waals surface area contributed by atoms with E-state index < -0.39 is 10.8 Å². The van der Waals surface area contributed by atoms with Gasteiger partial charge in [0.05, 0.1) is 15.5 Å². The molecular weight excluding hydrogens is 398 g/mol. The first kappa shape index (κ1) is 19.5. The number of hydrogen-bond acceptors (Lipinski definition) is 5. The van der Waals surface area contributed by atoms with Gasteiger partial charge in [0, 0.05) is 11.1 Å². The zero-order valence-corrected chi connectivity index (χ0v) is 16.8. The van der Waals surface area contributed by atoms with Crippen molar-refractivity contribution < 1.29 is 9.72 Å². The molecule has 1 heterocycles. The van der Waals surface area contributed by atoms with Crippen LogP contribution in [0.15, 0.2) is 78.9 Å². The van der Waals surface area contributed by atoms with Crippen molar-refractivity contribution in [2.75, 3.05) is 5.32 Å². The third-order valence-corrected chi connectivity index (χ3v) is 5.62. The number of anilines is 1. The SMILES string of the molecule is Cc1cccc(C(=O)Nc2nc(-c3ccccc3)c(-c3ccccc3)s2)c1[N+](=O)[O-]. The molecule has 0 bridgehead atoms. The fourth-order valence-electron chi connectivity index (χ4n) is 3.20. The average molecular weight is 415 g/mol. The molecule has 0 aliphatic heterocycles. The summed E-state index contributed by atoms with van der Waals surface area (Å²) in [5.41, 5.74) is 2.91. The Hall–Kier alpha value is -3.84. The van der Waals surface area contributed by atoms with Crippen LogP contribution in [0.5, 0.6) is 0 Å². The lowest BCUT2D eigenvalue weighted by Gasteiger charge is -2.05. The van der Waals surface area contributed by atoms with Crippen molar-refractivity contribution in [2.24, 2.45) is 0 Å². The lowest BCUT2D eigenvalue weighted by molar-refractivity contribution is -0.385. The van der Waals surface area contributed by atoms with Gasteiger partial charge in [-0.1, -0.05) is 84.1 Å². The molecular formula is C23H17N3O3S. The molecule has 0 atom stereocenters. The quantitative estimate of drug-likeness (QED) is 0.323. The summed E-state index contributed by atoms with van der Waals surface area (Å²) in [6.45, 7) is 1.61. The molecule has 0 radical (unpaired) electrons. The van der Waals surface area contributed by atoms with Crippen LogP contribution in [-0.4, -0.2) is 15.8 Å². The molecule has 0 saturated carbocycles. The van der Waals surface area contributed by atoms with E-state index in [1.54, 1.807) is 19.1 Å². The maximum atomic E-state index is 12.8. The topological polar surface area (TPSA) is 85.1 Å². The Kier molecular flexibility index (Phi) is 5.36. The first-order valence-electron chi connectivity index (χ1n) is 9.21. The molecule has 7 heteroatoms. The van der Waals surface area contributed by atoms with Crippen molar-refractivity contribution in [3.63, 3.8) is 0 Å². The molecule has 0 fully saturated rings. The molecule has 0 aliphatic rings. The minimum atomic E-state index is -0.557. The van der Waals surface area contributed by atoms with E-state index in [1.807, 2.05) is 60.7 Å². The van der Waals surface area contributed by atoms with Crippen LogP contribution in [-0.2, 0) is 0 Å². The molecule has 30 heavy (non-hydrogen) atoms. The summed E-state index contributed by atoms with van der Waals surface area (Å²) < 4.78 is 0. The Morgan fingerprint density at radius 2 is 1.57 bits per heavy atom. The maximum Gasteiger partial charge on any atom is 0.285 e. The highest BCUT2D eigenvalue weighted by atomic mass is 32.1. The number of thiazole rings is 1. The third-order valence-electron chi connectivity index (χ3n) is 4.60. The lowest BCUT2D eigenvalue weighted by atomic mass is 10.1. The molecule has 4 rings (SSSR count). The Morgan fingerprint density at radius 3 is 2.20 bits per heavy atom. The number of benzene rings is 3. The summed E-state index contributed by atoms with van der Waals surface area (Å²) >= 11 is 1.34. The van der Waals surface area contributed by atoms with Crippen LogP contribution >= 0.6 is 11.3 Å². The number of aryl methyl sites for hydroxylation is 1. The minimum Gasteiger partial charge on any atom is -0.298 e. The van der Waals surface area contributed by atoms with Gasteiger partial charge < -0.3 is 0 Å². The molecule has 4 aromatic rings. The Morgan fingerprint density at radius 1 is 0.933 bits per heavy atom. The molecule has 0 saturated heterocycles. The van der Waals surface area contributed by atoms with Crippen molar-refractivity contribution in [3.8, 4) is 21.7 Å². The number of carbonyl (C=O) groups excluding carboxylic acids is 1. The smallest absolute Gasteiger partial charge is 0.285 e. The molecule has 1 amide bonds. The van der Waals surface area contributed by atoms with Gasteiger partial charge in [0.2, 0.25) is 0 Å². The van der Waals surface area contributed by atoms with Crippen molar-refractivity contribution in [1.29, 1.82) is 0 Å². The number of rotatable bonds is 5. The highest BCUT2D eigenvalue weighted by Gasteiger charge is 2.24. The van der Waals surface area contributed by atoms with E-state index in [0.29, 0.717) is 10.7 Å². The number of carbonyl (C=O) groups is 1. The summed E-state index contributed by atoms with van der Waals surface area (Å²) in [5.74, 6) is -0.557. The van der Waals surface area contributed by atoms with Crippen LogP contribution in [0.1, 0.15) is 15.9 Å². The standard InChI is InChI=1S/C23H17N3O3S/c1-15-9-8-14-18(20(15)26(28)29)22(27)25-23-24-19(16-10-4-2-5-11-16)21(30-23)17-12-6-3-7-13-17/h2-14H,1H3,(H,24,25,27). The van der Waals surface area contributed by atoms with Gasteiger partial charge in [0.25, 0.3) is 11.6 Å². The van der Waals surface area contributed by atoms with Crippen molar-refractivity contribution in [3.05, 3.63) is 100 Å². The normalized spacial score (nSPS) is 10.6. The fourth-order valence-corrected chi connectivity index (χ4v) is 4.19. The van der Waals surface area contributed by atoms with Crippen molar-refractivity contribution in [1.82, 2.24) is 4.98 Å². The van der Waals surface area contributed by atoms with Crippen molar-refractivity contribution in [2.45, 2.75) is 6.92 Å². The molecule has 148 valence electrons. The number of amides is 1. The highest BCUT2D eigenvalue weighted by molar-refractivity contribution is 7.19. The van der Waals surface area contributed by atoms with Crippen LogP contribution in [0.4, 0.5) is 10.8 Å². The molecule has 0 spiro atoms. The summed E-state index contributed by atoms with van der Waals surface area (Å²) in [5, 5.41) is 14.6. The number of aromatic nitrogens is 1. The molecule has 1 N–H and O–H groups in total. The lowest BCUT2D eigenvalue weighted by Crippen LogP contribution is -2.14. The van der Waals surface area contributed by atoms with Crippen LogP contribution in [0, 0.1) is 17.0 Å². The average Bonchev–Trinajstić information content (AvgIpc) is 3.18. The first-order chi connectivity index (χ1) is 14.5. The second-order valence-electron chi connectivity index (χ2n) is 6.61. The maximum absolute atomic E-state index is 12.8. The van der Waals surface area contributed by atoms with Gasteiger partial charge in [-0.05, 0) is 18.6 Å². The van der Waals surface area contributed by atoms with Gasteiger partial charge in [0.15, 0.2) is 5.13 Å². The second-order valence-corrected chi connectivity index (χ2v) is 7.61. The number of nitro groups is 1. The summed E-state index contributed by atoms with van der Waals surface area (Å²) in [4.78, 5) is 29.3. The molecule has 1 aromatic heterocycles. The van der Waals surface area contributed by atoms with Crippen LogP contribution in [0.2, 0.25) is 0 Å². The van der Waals surface area contributed by atoms with E-state index >= 15 is 0 Å². The Bertz CT molecular complexity index is 1160. The number of hydrogen-bond donors (Lipinski definition) is 1. The van der Waals surface area contributed by atoms with E-state index in [2.05, 4.69) is 10.3 Å². The number of nitro benzene ring substituents is 1. The van der Waals surface area contributed by atoms with Gasteiger partial charge >= 0.3 is 0 Å². The second kappa shape index (κ2) is 8.26. The fraction of sp³-hybridized carbons (Fsp3) is 0.0435. The van der Waals surface area contributed by atoms with E-state index in [1.165, 1.54) is 17.4 Å². The van der Waals surface area contributed by atoms with E-state index in [0.717, 1.165) is 21.7 Å². The number of nitrogens with zero attached hydrogens (tertiary/aromatic N) is 2. The van der Waals surface area contributed by atoms with Crippen LogP contribution in [0.25, 0.3) is 21.7 Å².